The Bertz CT molecular complexity index is 1390. The summed E-state index contributed by atoms with van der Waals surface area (Å²) in [6, 6.07) is 10.3. The maximum Gasteiger partial charge on any atom is 0.252 e. The van der Waals surface area contributed by atoms with Crippen molar-refractivity contribution in [3.8, 4) is 11.5 Å². The topological polar surface area (TPSA) is 97.9 Å². The maximum atomic E-state index is 13.7. The molecule has 0 aliphatic carbocycles. The number of aromatic nitrogens is 1. The predicted molar refractivity (Wildman–Crippen MR) is 128 cm³/mol. The molecular formula is C25H28N2O6S. The van der Waals surface area contributed by atoms with Crippen LogP contribution in [0, 0.1) is 13.8 Å². The Kier molecular flexibility index (Phi) is 6.09. The van der Waals surface area contributed by atoms with Gasteiger partial charge in [0.05, 0.1) is 11.0 Å². The zero-order valence-corrected chi connectivity index (χ0v) is 20.1. The number of nitrogens with one attached hydrogen (secondary N) is 1. The smallest absolute Gasteiger partial charge is 0.252 e. The Morgan fingerprint density at radius 3 is 2.53 bits per heavy atom. The molecular weight excluding hydrogens is 456 g/mol. The summed E-state index contributed by atoms with van der Waals surface area (Å²) in [4.78, 5) is 15.9. The molecule has 2 aliphatic rings. The summed E-state index contributed by atoms with van der Waals surface area (Å²) in [5.41, 5.74) is 3.00. The third-order valence-electron chi connectivity index (χ3n) is 6.46. The summed E-state index contributed by atoms with van der Waals surface area (Å²) >= 11 is 0. The molecule has 34 heavy (non-hydrogen) atoms. The highest BCUT2D eigenvalue weighted by Gasteiger charge is 2.31. The van der Waals surface area contributed by atoms with E-state index in [1.54, 1.807) is 12.1 Å². The van der Waals surface area contributed by atoms with Crippen LogP contribution in [0.2, 0.25) is 0 Å². The van der Waals surface area contributed by atoms with Gasteiger partial charge in [0.15, 0.2) is 11.5 Å². The van der Waals surface area contributed by atoms with Crippen LogP contribution in [0.1, 0.15) is 29.5 Å². The largest absolute Gasteiger partial charge is 0.486 e. The quantitative estimate of drug-likeness (QED) is 0.577. The number of nitrogens with zero attached hydrogens (tertiary/aromatic N) is 1. The van der Waals surface area contributed by atoms with Crippen molar-refractivity contribution in [3.05, 3.63) is 63.4 Å². The van der Waals surface area contributed by atoms with Crippen LogP contribution in [0.25, 0.3) is 10.9 Å². The van der Waals surface area contributed by atoms with Crippen molar-refractivity contribution < 1.29 is 22.6 Å². The van der Waals surface area contributed by atoms with Gasteiger partial charge in [-0.3, -0.25) is 4.79 Å². The number of H-pyrrole nitrogens is 1. The number of hydrogen-bond donors (Lipinski definition) is 1. The van der Waals surface area contributed by atoms with Gasteiger partial charge < -0.3 is 19.2 Å². The number of hydrogen-bond acceptors (Lipinski definition) is 6. The van der Waals surface area contributed by atoms with Crippen LogP contribution in [-0.2, 0) is 21.3 Å². The number of fused-ring (bicyclic) bond motifs is 2. The average Bonchev–Trinajstić information content (AvgIpc) is 3.33. The van der Waals surface area contributed by atoms with Crippen molar-refractivity contribution in [3.63, 3.8) is 0 Å². The van der Waals surface area contributed by atoms with Gasteiger partial charge in [0.1, 0.15) is 13.2 Å². The van der Waals surface area contributed by atoms with Gasteiger partial charge >= 0.3 is 0 Å². The summed E-state index contributed by atoms with van der Waals surface area (Å²) in [6.07, 6.45) is 1.45. The van der Waals surface area contributed by atoms with Crippen molar-refractivity contribution in [1.82, 2.24) is 9.29 Å². The van der Waals surface area contributed by atoms with Gasteiger partial charge in [0, 0.05) is 36.8 Å². The number of aromatic amines is 1. The van der Waals surface area contributed by atoms with Crippen molar-refractivity contribution in [2.24, 2.45) is 0 Å². The second-order valence-corrected chi connectivity index (χ2v) is 10.8. The number of aryl methyl sites for hydroxylation is 2. The fourth-order valence-corrected chi connectivity index (χ4v) is 5.89. The van der Waals surface area contributed by atoms with Crippen molar-refractivity contribution in [2.75, 3.05) is 26.4 Å². The van der Waals surface area contributed by atoms with E-state index in [4.69, 9.17) is 14.2 Å². The molecule has 0 unspecified atom stereocenters. The van der Waals surface area contributed by atoms with Crippen molar-refractivity contribution in [2.45, 2.75) is 44.2 Å². The van der Waals surface area contributed by atoms with Crippen molar-refractivity contribution in [1.29, 1.82) is 0 Å². The lowest BCUT2D eigenvalue weighted by molar-refractivity contribution is 0.0925. The van der Waals surface area contributed by atoms with E-state index in [1.165, 1.54) is 16.4 Å². The Labute approximate surface area is 198 Å². The summed E-state index contributed by atoms with van der Waals surface area (Å²) in [5.74, 6) is 0.923. The van der Waals surface area contributed by atoms with E-state index in [2.05, 4.69) is 4.98 Å². The fraction of sp³-hybridized carbons (Fsp3) is 0.400. The summed E-state index contributed by atoms with van der Waals surface area (Å²) in [6.45, 7) is 5.50. The number of ether oxygens (including phenoxy) is 3. The van der Waals surface area contributed by atoms with Gasteiger partial charge in [0.25, 0.3) is 5.56 Å². The standard InChI is InChI=1S/C25H28N2O6S/c1-16-10-18-12-19(25(28)26-22(18)11-17(16)2)14-27(15-20-4-3-7-31-20)34(29,30)21-5-6-23-24(13-21)33-9-8-32-23/h5-6,10-13,20H,3-4,7-9,14-15H2,1-2H3,(H,26,28)/t20-/m0/s1. The Hall–Kier alpha value is -2.88. The van der Waals surface area contributed by atoms with Gasteiger partial charge in [-0.25, -0.2) is 8.42 Å². The first kappa shape index (κ1) is 22.9. The molecule has 2 aliphatic heterocycles. The van der Waals surface area contributed by atoms with Crippen LogP contribution in [0.15, 0.2) is 46.1 Å². The molecule has 0 radical (unpaired) electrons. The molecule has 2 aromatic carbocycles. The van der Waals surface area contributed by atoms with Gasteiger partial charge in [-0.2, -0.15) is 4.31 Å². The minimum atomic E-state index is -3.94. The van der Waals surface area contributed by atoms with Crippen LogP contribution in [0.4, 0.5) is 0 Å². The SMILES string of the molecule is Cc1cc2cc(CN(C[C@@H]3CCCO3)S(=O)(=O)c3ccc4c(c3)OCCO4)c(=O)[nH]c2cc1C. The van der Waals surface area contributed by atoms with E-state index >= 15 is 0 Å². The number of pyridine rings is 1. The lowest BCUT2D eigenvalue weighted by atomic mass is 10.0. The lowest BCUT2D eigenvalue weighted by Crippen LogP contribution is -2.38. The third kappa shape index (κ3) is 4.43. The second kappa shape index (κ2) is 9.05. The van der Waals surface area contributed by atoms with Gasteiger partial charge in [-0.15, -0.1) is 0 Å². The minimum Gasteiger partial charge on any atom is -0.486 e. The second-order valence-electron chi connectivity index (χ2n) is 8.89. The van der Waals surface area contributed by atoms with E-state index < -0.39 is 10.0 Å². The normalized spacial score (nSPS) is 18.0. The molecule has 5 rings (SSSR count). The molecule has 3 heterocycles. The molecule has 8 nitrogen and oxygen atoms in total. The minimum absolute atomic E-state index is 0.0607. The van der Waals surface area contributed by atoms with Gasteiger partial charge in [0.2, 0.25) is 10.0 Å². The lowest BCUT2D eigenvalue weighted by Gasteiger charge is -2.26. The van der Waals surface area contributed by atoms with Crippen LogP contribution in [0.5, 0.6) is 11.5 Å². The van der Waals surface area contributed by atoms with Gasteiger partial charge in [-0.1, -0.05) is 0 Å². The van der Waals surface area contributed by atoms with Crippen LogP contribution in [0.3, 0.4) is 0 Å². The molecule has 180 valence electrons. The first-order valence-electron chi connectivity index (χ1n) is 11.5. The predicted octanol–water partition coefficient (Wildman–Crippen LogP) is 3.29. The molecule has 0 bridgehead atoms. The zero-order valence-electron chi connectivity index (χ0n) is 19.3. The van der Waals surface area contributed by atoms with Crippen molar-refractivity contribution >= 4 is 20.9 Å². The zero-order chi connectivity index (χ0) is 23.9. The monoisotopic (exact) mass is 484 g/mol. The first-order valence-corrected chi connectivity index (χ1v) is 12.9. The van der Waals surface area contributed by atoms with Crippen LogP contribution >= 0.6 is 0 Å². The summed E-state index contributed by atoms with van der Waals surface area (Å²) in [7, 11) is -3.94. The average molecular weight is 485 g/mol. The van der Waals surface area contributed by atoms with E-state index in [0.717, 1.165) is 34.9 Å². The highest BCUT2D eigenvalue weighted by molar-refractivity contribution is 7.89. The van der Waals surface area contributed by atoms with Crippen LogP contribution in [-0.4, -0.2) is 50.2 Å². The number of sulfonamides is 1. The van der Waals surface area contributed by atoms with E-state index in [1.807, 2.05) is 26.0 Å². The molecule has 1 N–H and O–H groups in total. The molecule has 3 aromatic rings. The highest BCUT2D eigenvalue weighted by atomic mass is 32.2. The number of rotatable bonds is 6. The molecule has 1 aromatic heterocycles. The maximum absolute atomic E-state index is 13.7. The highest BCUT2D eigenvalue weighted by Crippen LogP contribution is 2.34. The van der Waals surface area contributed by atoms with Gasteiger partial charge in [-0.05, 0) is 73.5 Å². The molecule has 9 heteroatoms. The fourth-order valence-electron chi connectivity index (χ4n) is 4.43. The molecule has 0 spiro atoms. The number of benzene rings is 2. The molecule has 1 atom stereocenters. The van der Waals surface area contributed by atoms with Crippen LogP contribution < -0.4 is 15.0 Å². The third-order valence-corrected chi connectivity index (χ3v) is 8.27. The Balaban J connectivity index is 1.53. The summed E-state index contributed by atoms with van der Waals surface area (Å²) in [5, 5.41) is 0.867. The first-order chi connectivity index (χ1) is 16.3. The molecule has 1 fully saturated rings. The van der Waals surface area contributed by atoms with E-state index in [9.17, 15) is 13.2 Å². The van der Waals surface area contributed by atoms with E-state index in [0.29, 0.717) is 36.9 Å². The molecule has 0 amide bonds. The molecule has 1 saturated heterocycles. The molecule has 0 saturated carbocycles. The Morgan fingerprint density at radius 2 is 1.76 bits per heavy atom. The van der Waals surface area contributed by atoms with E-state index in [-0.39, 0.29) is 29.6 Å². The Morgan fingerprint density at radius 1 is 1.00 bits per heavy atom. The summed E-state index contributed by atoms with van der Waals surface area (Å²) < 4.78 is 45.7.